The van der Waals surface area contributed by atoms with Gasteiger partial charge in [-0.15, -0.1) is 0 Å². The van der Waals surface area contributed by atoms with Crippen LogP contribution in [0.2, 0.25) is 5.02 Å². The lowest BCUT2D eigenvalue weighted by Crippen LogP contribution is -2.26. The fourth-order valence-corrected chi connectivity index (χ4v) is 2.88. The van der Waals surface area contributed by atoms with Crippen LogP contribution in [-0.2, 0) is 7.05 Å². The van der Waals surface area contributed by atoms with Crippen LogP contribution in [0.15, 0.2) is 35.4 Å². The van der Waals surface area contributed by atoms with Crippen LogP contribution >= 0.6 is 11.6 Å². The van der Waals surface area contributed by atoms with Gasteiger partial charge in [0.1, 0.15) is 5.82 Å². The monoisotopic (exact) mass is 384 g/mol. The molecule has 3 aromatic rings. The van der Waals surface area contributed by atoms with Crippen LogP contribution in [0.3, 0.4) is 0 Å². The van der Waals surface area contributed by atoms with Crippen molar-refractivity contribution in [3.63, 3.8) is 0 Å². The fourth-order valence-electron chi connectivity index (χ4n) is 2.75. The van der Waals surface area contributed by atoms with E-state index in [0.29, 0.717) is 16.4 Å². The number of imidazole rings is 1. The van der Waals surface area contributed by atoms with Crippen molar-refractivity contribution in [3.8, 4) is 5.69 Å². The van der Waals surface area contributed by atoms with Crippen LogP contribution in [0.25, 0.3) is 16.9 Å². The first-order valence-electron chi connectivity index (χ1n) is 7.94. The Hall–Kier alpha value is -2.35. The Morgan fingerprint density at radius 2 is 1.88 bits per heavy atom. The molecule has 0 saturated heterocycles. The summed E-state index contributed by atoms with van der Waals surface area (Å²) in [5, 5.41) is 0.486. The highest BCUT2D eigenvalue weighted by Gasteiger charge is 2.29. The molecule has 0 fully saturated rings. The van der Waals surface area contributed by atoms with E-state index in [4.69, 9.17) is 11.6 Å². The van der Waals surface area contributed by atoms with Gasteiger partial charge in [0, 0.05) is 24.4 Å². The predicted molar refractivity (Wildman–Crippen MR) is 92.8 cm³/mol. The summed E-state index contributed by atoms with van der Waals surface area (Å²) < 4.78 is 40.8. The molecule has 1 atom stereocenters. The Labute approximate surface area is 152 Å². The van der Waals surface area contributed by atoms with E-state index in [-0.39, 0.29) is 17.8 Å². The standard InChI is InChI=1S/C17H16ClF3N4O/c1-10(7-8-17(19,20)21)14-23-15-13(22-9-24(15)2)16(26)25(14)12-5-3-11(18)4-6-12/h3-6,9-10H,7-8H2,1-2H3. The van der Waals surface area contributed by atoms with Crippen molar-refractivity contribution < 1.29 is 13.2 Å². The molecule has 0 amide bonds. The number of aryl methyl sites for hydroxylation is 1. The minimum Gasteiger partial charge on any atom is -0.318 e. The lowest BCUT2D eigenvalue weighted by Gasteiger charge is -2.18. The fraction of sp³-hybridized carbons (Fsp3) is 0.353. The minimum absolute atomic E-state index is 0.161. The van der Waals surface area contributed by atoms with Crippen LogP contribution in [0.1, 0.15) is 31.5 Å². The molecule has 0 aliphatic carbocycles. The van der Waals surface area contributed by atoms with Gasteiger partial charge in [0.25, 0.3) is 5.56 Å². The SMILES string of the molecule is CC(CCC(F)(F)F)c1nc2c(ncn2C)c(=O)n1-c1ccc(Cl)cc1. The van der Waals surface area contributed by atoms with Crippen molar-refractivity contribution in [3.05, 3.63) is 51.8 Å². The predicted octanol–water partition coefficient (Wildman–Crippen LogP) is 4.22. The van der Waals surface area contributed by atoms with E-state index in [2.05, 4.69) is 9.97 Å². The molecule has 0 spiro atoms. The van der Waals surface area contributed by atoms with Crippen molar-refractivity contribution >= 4 is 22.8 Å². The molecule has 1 aromatic carbocycles. The highest BCUT2D eigenvalue weighted by atomic mass is 35.5. The number of nitrogens with zero attached hydrogens (tertiary/aromatic N) is 4. The maximum absolute atomic E-state index is 12.9. The third kappa shape index (κ3) is 3.60. The highest BCUT2D eigenvalue weighted by molar-refractivity contribution is 6.30. The van der Waals surface area contributed by atoms with Crippen LogP contribution in [0.5, 0.6) is 0 Å². The lowest BCUT2D eigenvalue weighted by molar-refractivity contribution is -0.136. The molecule has 9 heteroatoms. The van der Waals surface area contributed by atoms with Gasteiger partial charge in [-0.25, -0.2) is 9.97 Å². The molecular weight excluding hydrogens is 369 g/mol. The zero-order valence-electron chi connectivity index (χ0n) is 14.1. The molecule has 1 unspecified atom stereocenters. The van der Waals surface area contributed by atoms with Gasteiger partial charge in [-0.2, -0.15) is 13.2 Å². The first-order valence-corrected chi connectivity index (χ1v) is 8.32. The molecule has 0 radical (unpaired) electrons. The van der Waals surface area contributed by atoms with Gasteiger partial charge in [-0.1, -0.05) is 18.5 Å². The van der Waals surface area contributed by atoms with E-state index in [1.54, 1.807) is 42.8 Å². The molecule has 2 aromatic heterocycles. The van der Waals surface area contributed by atoms with E-state index in [1.165, 1.54) is 10.9 Å². The van der Waals surface area contributed by atoms with Gasteiger partial charge in [-0.3, -0.25) is 9.36 Å². The summed E-state index contributed by atoms with van der Waals surface area (Å²) in [7, 11) is 1.68. The van der Waals surface area contributed by atoms with Crippen molar-refractivity contribution in [1.82, 2.24) is 19.1 Å². The molecule has 0 bridgehead atoms. The second-order valence-corrected chi connectivity index (χ2v) is 6.61. The summed E-state index contributed by atoms with van der Waals surface area (Å²) in [5.74, 6) is -0.322. The minimum atomic E-state index is -4.27. The molecule has 0 saturated carbocycles. The first kappa shape index (κ1) is 18.4. The van der Waals surface area contributed by atoms with Crippen molar-refractivity contribution in [1.29, 1.82) is 0 Å². The maximum atomic E-state index is 12.9. The van der Waals surface area contributed by atoms with Crippen LogP contribution in [0.4, 0.5) is 13.2 Å². The van der Waals surface area contributed by atoms with Crippen LogP contribution in [-0.4, -0.2) is 25.3 Å². The quantitative estimate of drug-likeness (QED) is 0.676. The Kier molecular flexibility index (Phi) is 4.79. The van der Waals surface area contributed by atoms with Gasteiger partial charge >= 0.3 is 6.18 Å². The van der Waals surface area contributed by atoms with Gasteiger partial charge < -0.3 is 4.57 Å². The molecule has 0 aliphatic heterocycles. The summed E-state index contributed by atoms with van der Waals surface area (Å²) in [4.78, 5) is 21.5. The summed E-state index contributed by atoms with van der Waals surface area (Å²) in [5.41, 5.74) is 0.559. The smallest absolute Gasteiger partial charge is 0.318 e. The average molecular weight is 385 g/mol. The van der Waals surface area contributed by atoms with Gasteiger partial charge in [0.05, 0.1) is 12.0 Å². The number of benzene rings is 1. The zero-order valence-corrected chi connectivity index (χ0v) is 14.8. The van der Waals surface area contributed by atoms with Gasteiger partial charge in [-0.05, 0) is 30.7 Å². The topological polar surface area (TPSA) is 52.7 Å². The Morgan fingerprint density at radius 3 is 2.50 bits per heavy atom. The van der Waals surface area contributed by atoms with Gasteiger partial charge in [0.2, 0.25) is 0 Å². The van der Waals surface area contributed by atoms with E-state index in [9.17, 15) is 18.0 Å². The number of hydrogen-bond acceptors (Lipinski definition) is 3. The summed E-state index contributed by atoms with van der Waals surface area (Å²) in [6, 6.07) is 6.46. The molecule has 0 aliphatic rings. The molecule has 0 N–H and O–H groups in total. The first-order chi connectivity index (χ1) is 12.2. The molecule has 2 heterocycles. The van der Waals surface area contributed by atoms with E-state index < -0.39 is 24.1 Å². The average Bonchev–Trinajstić information content (AvgIpc) is 2.94. The molecule has 5 nitrogen and oxygen atoms in total. The summed E-state index contributed by atoms with van der Waals surface area (Å²) >= 11 is 5.90. The number of fused-ring (bicyclic) bond motifs is 1. The van der Waals surface area contributed by atoms with Crippen molar-refractivity contribution in [2.45, 2.75) is 31.9 Å². The summed E-state index contributed by atoms with van der Waals surface area (Å²) in [6.07, 6.45) is -3.94. The second-order valence-electron chi connectivity index (χ2n) is 6.17. The third-order valence-electron chi connectivity index (χ3n) is 4.15. The molecular formula is C17H16ClF3N4O. The summed E-state index contributed by atoms with van der Waals surface area (Å²) in [6.45, 7) is 1.63. The lowest BCUT2D eigenvalue weighted by atomic mass is 10.0. The Morgan fingerprint density at radius 1 is 1.23 bits per heavy atom. The van der Waals surface area contributed by atoms with Crippen molar-refractivity contribution in [2.24, 2.45) is 7.05 Å². The number of halogens is 4. The largest absolute Gasteiger partial charge is 0.389 e. The third-order valence-corrected chi connectivity index (χ3v) is 4.40. The zero-order chi connectivity index (χ0) is 19.1. The van der Waals surface area contributed by atoms with Crippen molar-refractivity contribution in [2.75, 3.05) is 0 Å². The van der Waals surface area contributed by atoms with Crippen LogP contribution < -0.4 is 5.56 Å². The number of alkyl halides is 3. The van der Waals surface area contributed by atoms with E-state index in [1.807, 2.05) is 0 Å². The molecule has 26 heavy (non-hydrogen) atoms. The number of aromatic nitrogens is 4. The normalized spacial score (nSPS) is 13.3. The molecule has 138 valence electrons. The Balaban J connectivity index is 2.18. The maximum Gasteiger partial charge on any atom is 0.389 e. The number of hydrogen-bond donors (Lipinski definition) is 0. The Bertz CT molecular complexity index is 992. The van der Waals surface area contributed by atoms with Crippen LogP contribution in [0, 0.1) is 0 Å². The highest BCUT2D eigenvalue weighted by Crippen LogP contribution is 2.29. The van der Waals surface area contributed by atoms with Gasteiger partial charge in [0.15, 0.2) is 11.2 Å². The second kappa shape index (κ2) is 6.75. The molecule has 3 rings (SSSR count). The van der Waals surface area contributed by atoms with E-state index in [0.717, 1.165) is 0 Å². The van der Waals surface area contributed by atoms with E-state index >= 15 is 0 Å². The number of rotatable bonds is 4.